The Balaban J connectivity index is 1.31. The first-order valence-corrected chi connectivity index (χ1v) is 22.9. The highest BCUT2D eigenvalue weighted by Crippen LogP contribution is 2.30. The predicted octanol–water partition coefficient (Wildman–Crippen LogP) is 4.56. The number of benzene rings is 2. The molecule has 2 aromatic carbocycles. The van der Waals surface area contributed by atoms with Crippen LogP contribution in [0, 0.1) is 5.92 Å². The molecule has 2 aromatic rings. The number of amides is 2. The third-order valence-corrected chi connectivity index (χ3v) is 13.8. The third kappa shape index (κ3) is 12.9. The van der Waals surface area contributed by atoms with E-state index in [1.165, 1.54) is 45.9 Å². The van der Waals surface area contributed by atoms with Gasteiger partial charge in [0.05, 0.1) is 17.5 Å². The molecule has 2 fully saturated rings. The van der Waals surface area contributed by atoms with Crippen LogP contribution in [0.5, 0.6) is 0 Å². The maximum atomic E-state index is 13.2. The average Bonchev–Trinajstić information content (AvgIpc) is 3.11. The molecule has 0 radical (unpaired) electrons. The van der Waals surface area contributed by atoms with Crippen LogP contribution in [0.2, 0.25) is 0 Å². The van der Waals surface area contributed by atoms with Crippen LogP contribution in [0.25, 0.3) is 0 Å². The summed E-state index contributed by atoms with van der Waals surface area (Å²) in [4.78, 5) is 61.3. The second-order valence-corrected chi connectivity index (χ2v) is 19.1. The maximum Gasteiger partial charge on any atom is 0.304 e. The summed E-state index contributed by atoms with van der Waals surface area (Å²) in [5, 5.41) is 14.2. The first-order chi connectivity index (χ1) is 25.4. The molecule has 0 unspecified atom stereocenters. The number of ketones is 2. The Morgan fingerprint density at radius 1 is 0.667 bits per heavy atom. The molecule has 7 N–H and O–H groups in total. The van der Waals surface area contributed by atoms with Crippen molar-refractivity contribution in [1.29, 1.82) is 0 Å². The number of Topliss-reactive ketones (excluding diaryl/α,β-unsaturated/α-hetero) is 2. The first-order valence-electron chi connectivity index (χ1n) is 17.5. The number of carboxylic acids is 1. The fourth-order valence-corrected chi connectivity index (χ4v) is 10.1. The lowest BCUT2D eigenvalue weighted by atomic mass is 9.82. The van der Waals surface area contributed by atoms with Gasteiger partial charge in [0.15, 0.2) is 11.6 Å². The van der Waals surface area contributed by atoms with Gasteiger partial charge in [-0.1, -0.05) is 33.7 Å². The molecule has 0 atom stereocenters. The number of hydrogen-bond donors (Lipinski definition) is 6. The van der Waals surface area contributed by atoms with E-state index in [1.807, 2.05) is 0 Å². The predicted molar refractivity (Wildman–Crippen MR) is 203 cm³/mol. The van der Waals surface area contributed by atoms with Gasteiger partial charge in [0.2, 0.25) is 0 Å². The van der Waals surface area contributed by atoms with Gasteiger partial charge in [0.1, 0.15) is 9.79 Å². The zero-order valence-electron chi connectivity index (χ0n) is 29.4. The molecule has 2 saturated carbocycles. The van der Waals surface area contributed by atoms with Crippen molar-refractivity contribution >= 4 is 71.2 Å². The molecule has 0 aliphatic heterocycles. The number of carbonyl (C=O) groups excluding carboxylic acids is 4. The number of carboxylic acid groups (broad SMARTS) is 1. The average molecular weight is 828 g/mol. The van der Waals surface area contributed by atoms with Crippen molar-refractivity contribution in [2.75, 3.05) is 11.5 Å². The van der Waals surface area contributed by atoms with Crippen molar-refractivity contribution < 1.29 is 55.0 Å². The van der Waals surface area contributed by atoms with Gasteiger partial charge in [-0.25, -0.2) is 0 Å². The number of nitrogens with one attached hydrogen (secondary N) is 2. The van der Waals surface area contributed by atoms with Gasteiger partial charge in [-0.3, -0.25) is 33.1 Å². The molecular weight excluding hydrogens is 783 g/mol. The molecule has 0 saturated heterocycles. The molecule has 19 heteroatoms. The lowest BCUT2D eigenvalue weighted by Gasteiger charge is -2.29. The summed E-state index contributed by atoms with van der Waals surface area (Å²) in [5.74, 6) is -2.23. The molecule has 2 aliphatic rings. The largest absolute Gasteiger partial charge is 0.481 e. The Hall–Kier alpha value is -3.33. The lowest BCUT2D eigenvalue weighted by molar-refractivity contribution is -0.136. The highest BCUT2D eigenvalue weighted by molar-refractivity contribution is 8.76. The van der Waals surface area contributed by atoms with Crippen molar-refractivity contribution in [1.82, 2.24) is 10.6 Å². The highest BCUT2D eigenvalue weighted by Gasteiger charge is 2.30. The monoisotopic (exact) mass is 827 g/mol. The highest BCUT2D eigenvalue weighted by atomic mass is 33.1. The third-order valence-electron chi connectivity index (χ3n) is 9.53. The molecule has 296 valence electrons. The van der Waals surface area contributed by atoms with Crippen LogP contribution >= 0.6 is 21.6 Å². The Morgan fingerprint density at radius 2 is 1.13 bits per heavy atom. The van der Waals surface area contributed by atoms with Crippen LogP contribution < -0.4 is 16.4 Å². The van der Waals surface area contributed by atoms with E-state index >= 15 is 0 Å². The van der Waals surface area contributed by atoms with Crippen LogP contribution in [-0.4, -0.2) is 90.0 Å². The van der Waals surface area contributed by atoms with Gasteiger partial charge in [-0.05, 0) is 88.0 Å². The summed E-state index contributed by atoms with van der Waals surface area (Å²) in [5.41, 5.74) is 5.35. The minimum absolute atomic E-state index is 0.0135. The molecule has 0 spiro atoms. The van der Waals surface area contributed by atoms with Gasteiger partial charge < -0.3 is 21.5 Å². The fraction of sp³-hybridized carbons (Fsp3) is 0.514. The van der Waals surface area contributed by atoms with Gasteiger partial charge in [0.25, 0.3) is 32.1 Å². The normalized spacial score (nSPS) is 20.5. The van der Waals surface area contributed by atoms with Crippen molar-refractivity contribution in [2.24, 2.45) is 11.7 Å². The standard InChI is InChI=1S/C35H45N3O12S4/c36-24-7-11-26(12-8-24)38-35(44)28-14-6-23(20-32(28)54(48,49)50)30(40)18-21-3-9-25(10-4-21)37-34(43)27-13-5-22(19-31(27)53(45,46)47)29(39)2-1-16-51-52-17-15-33(41)42/h5-6,13-14,19-21,24-26H,1-4,7-12,15-18,36H2,(H,37,43)(H,38,44)(H,41,42)(H,45,46,47)(H,48,49,50). The Labute approximate surface area is 322 Å². The molecule has 15 nitrogen and oxygen atoms in total. The second-order valence-electron chi connectivity index (χ2n) is 13.6. The van der Waals surface area contributed by atoms with Crippen molar-refractivity contribution in [3.8, 4) is 0 Å². The summed E-state index contributed by atoms with van der Waals surface area (Å²) in [7, 11) is -6.93. The van der Waals surface area contributed by atoms with E-state index in [9.17, 15) is 49.9 Å². The topological polar surface area (TPSA) is 264 Å². The Kier molecular flexibility index (Phi) is 15.7. The fourth-order valence-electron chi connectivity index (χ4n) is 6.56. The van der Waals surface area contributed by atoms with Crippen LogP contribution in [0.15, 0.2) is 46.2 Å². The zero-order chi connectivity index (χ0) is 39.6. The van der Waals surface area contributed by atoms with E-state index < -0.39 is 47.8 Å². The van der Waals surface area contributed by atoms with E-state index in [4.69, 9.17) is 10.8 Å². The molecule has 4 rings (SSSR count). The van der Waals surface area contributed by atoms with Crippen molar-refractivity contribution in [3.63, 3.8) is 0 Å². The molecule has 2 amide bonds. The minimum atomic E-state index is -4.88. The summed E-state index contributed by atoms with van der Waals surface area (Å²) in [6, 6.07) is 6.52. The molecule has 2 aliphatic carbocycles. The van der Waals surface area contributed by atoms with Gasteiger partial charge >= 0.3 is 5.97 Å². The van der Waals surface area contributed by atoms with E-state index in [0.717, 1.165) is 12.1 Å². The molecule has 54 heavy (non-hydrogen) atoms. The van der Waals surface area contributed by atoms with Gasteiger partial charge in [-0.15, -0.1) is 0 Å². The van der Waals surface area contributed by atoms with E-state index in [-0.39, 0.29) is 77.1 Å². The lowest BCUT2D eigenvalue weighted by Crippen LogP contribution is -2.40. The number of nitrogens with two attached hydrogens (primary N) is 1. The van der Waals surface area contributed by atoms with Gasteiger partial charge in [0, 0.05) is 53.6 Å². The van der Waals surface area contributed by atoms with Crippen LogP contribution in [0.3, 0.4) is 0 Å². The number of rotatable bonds is 18. The Morgan fingerprint density at radius 3 is 1.61 bits per heavy atom. The molecule has 0 bridgehead atoms. The quantitative estimate of drug-likeness (QED) is 0.0521. The van der Waals surface area contributed by atoms with E-state index in [1.54, 1.807) is 0 Å². The number of hydrogen-bond acceptors (Lipinski definition) is 12. The molecule has 0 aromatic heterocycles. The van der Waals surface area contributed by atoms with E-state index in [2.05, 4.69) is 10.6 Å². The maximum absolute atomic E-state index is 13.2. The number of aliphatic carboxylic acids is 1. The zero-order valence-corrected chi connectivity index (χ0v) is 32.7. The minimum Gasteiger partial charge on any atom is -0.481 e. The van der Waals surface area contributed by atoms with Crippen LogP contribution in [0.1, 0.15) is 118 Å². The molecule has 0 heterocycles. The van der Waals surface area contributed by atoms with Crippen LogP contribution in [-0.2, 0) is 25.0 Å². The summed E-state index contributed by atoms with van der Waals surface area (Å²) in [6.07, 6.45) is 5.19. The van der Waals surface area contributed by atoms with Gasteiger partial charge in [-0.2, -0.15) is 16.8 Å². The summed E-state index contributed by atoms with van der Waals surface area (Å²) >= 11 is 0. The SMILES string of the molecule is NC1CCC(NC(=O)c2ccc(C(=O)CC3CCC(NC(=O)c4ccc(C(=O)CCCSSCCC(=O)O)cc4S(=O)(=O)O)CC3)cc2S(=O)(=O)O)CC1. The van der Waals surface area contributed by atoms with E-state index in [0.29, 0.717) is 69.3 Å². The summed E-state index contributed by atoms with van der Waals surface area (Å²) in [6.45, 7) is 0. The van der Waals surface area contributed by atoms with Crippen LogP contribution in [0.4, 0.5) is 0 Å². The number of carbonyl (C=O) groups is 5. The van der Waals surface area contributed by atoms with Crippen molar-refractivity contribution in [2.45, 2.75) is 105 Å². The smallest absolute Gasteiger partial charge is 0.304 e. The molecular formula is C35H45N3O12S4. The summed E-state index contributed by atoms with van der Waals surface area (Å²) < 4.78 is 68.7. The Bertz CT molecular complexity index is 1940. The van der Waals surface area contributed by atoms with Crippen molar-refractivity contribution in [3.05, 3.63) is 58.7 Å². The second kappa shape index (κ2) is 19.5. The first kappa shape index (κ1) is 43.4.